The molecule has 31 heavy (non-hydrogen) atoms. The molecule has 0 unspecified atom stereocenters. The van der Waals surface area contributed by atoms with Gasteiger partial charge >= 0.3 is 6.03 Å². The van der Waals surface area contributed by atoms with Gasteiger partial charge in [0.2, 0.25) is 5.91 Å². The van der Waals surface area contributed by atoms with Crippen molar-refractivity contribution < 1.29 is 14.4 Å². The van der Waals surface area contributed by atoms with Crippen molar-refractivity contribution in [1.82, 2.24) is 14.8 Å². The van der Waals surface area contributed by atoms with Gasteiger partial charge in [-0.05, 0) is 37.1 Å². The van der Waals surface area contributed by atoms with Crippen molar-refractivity contribution in [1.29, 1.82) is 0 Å². The second-order valence-corrected chi connectivity index (χ2v) is 7.33. The van der Waals surface area contributed by atoms with Crippen LogP contribution in [0.2, 0.25) is 0 Å². The summed E-state index contributed by atoms with van der Waals surface area (Å²) in [5.41, 5.74) is 3.72. The van der Waals surface area contributed by atoms with Crippen molar-refractivity contribution in [3.63, 3.8) is 0 Å². The standard InChI is InChI=1S/C24H24N4O3/c1-3-16-9-5-7-11-19(16)25-22(29)15-28-23(30)20(26-24(28)31)13-17-14-27(4-2)21-12-8-6-10-18(17)21/h5-14H,3-4,15H2,1-2H3,(H,25,29)(H,26,31)/b20-13+. The molecule has 2 N–H and O–H groups in total. The number of urea groups is 1. The van der Waals surface area contributed by atoms with Gasteiger partial charge in [0, 0.05) is 34.9 Å². The highest BCUT2D eigenvalue weighted by Gasteiger charge is 2.35. The van der Waals surface area contributed by atoms with E-state index in [2.05, 4.69) is 15.2 Å². The van der Waals surface area contributed by atoms with Crippen molar-refractivity contribution >= 4 is 40.5 Å². The molecular weight excluding hydrogens is 392 g/mol. The topological polar surface area (TPSA) is 83.4 Å². The predicted molar refractivity (Wildman–Crippen MR) is 120 cm³/mol. The molecule has 0 atom stereocenters. The Morgan fingerprint density at radius 3 is 2.58 bits per heavy atom. The number of anilines is 1. The lowest BCUT2D eigenvalue weighted by atomic mass is 10.1. The zero-order chi connectivity index (χ0) is 22.0. The number of carbonyl (C=O) groups is 3. The van der Waals surface area contributed by atoms with Crippen molar-refractivity contribution in [2.45, 2.75) is 26.8 Å². The third-order valence-electron chi connectivity index (χ3n) is 5.40. The van der Waals surface area contributed by atoms with Crippen LogP contribution in [-0.4, -0.2) is 33.9 Å². The highest BCUT2D eigenvalue weighted by Crippen LogP contribution is 2.25. The fourth-order valence-electron chi connectivity index (χ4n) is 3.81. The Morgan fingerprint density at radius 1 is 1.06 bits per heavy atom. The lowest BCUT2D eigenvalue weighted by molar-refractivity contribution is -0.127. The molecule has 1 aromatic heterocycles. The largest absolute Gasteiger partial charge is 0.347 e. The number of benzene rings is 2. The van der Waals surface area contributed by atoms with Crippen LogP contribution in [0.5, 0.6) is 0 Å². The highest BCUT2D eigenvalue weighted by molar-refractivity contribution is 6.16. The third-order valence-corrected chi connectivity index (χ3v) is 5.40. The van der Waals surface area contributed by atoms with Gasteiger partial charge in [0.1, 0.15) is 12.2 Å². The highest BCUT2D eigenvalue weighted by atomic mass is 16.2. The van der Waals surface area contributed by atoms with E-state index in [4.69, 9.17) is 0 Å². The summed E-state index contributed by atoms with van der Waals surface area (Å²) in [4.78, 5) is 38.6. The molecule has 158 valence electrons. The fourth-order valence-corrected chi connectivity index (χ4v) is 3.81. The van der Waals surface area contributed by atoms with E-state index >= 15 is 0 Å². The minimum atomic E-state index is -0.602. The molecule has 1 fully saturated rings. The second kappa shape index (κ2) is 8.47. The fraction of sp³-hybridized carbons (Fsp3) is 0.208. The number of imide groups is 1. The average molecular weight is 416 g/mol. The first-order chi connectivity index (χ1) is 15.0. The number of nitrogens with one attached hydrogen (secondary N) is 2. The van der Waals surface area contributed by atoms with E-state index in [0.717, 1.165) is 39.9 Å². The van der Waals surface area contributed by atoms with E-state index in [1.165, 1.54) is 0 Å². The monoisotopic (exact) mass is 416 g/mol. The molecule has 4 rings (SSSR count). The molecule has 1 aliphatic rings. The van der Waals surface area contributed by atoms with Gasteiger partial charge in [0.05, 0.1) is 0 Å². The van der Waals surface area contributed by atoms with Gasteiger partial charge in [-0.2, -0.15) is 0 Å². The first kappa shape index (κ1) is 20.4. The quantitative estimate of drug-likeness (QED) is 0.474. The SMILES string of the molecule is CCc1ccccc1NC(=O)CN1C(=O)N/C(=C/c2cn(CC)c3ccccc23)C1=O. The first-order valence-electron chi connectivity index (χ1n) is 10.3. The molecule has 2 heterocycles. The summed E-state index contributed by atoms with van der Waals surface area (Å²) < 4.78 is 2.08. The molecule has 2 aromatic carbocycles. The number of fused-ring (bicyclic) bond motifs is 1. The smallest absolute Gasteiger partial charge is 0.329 e. The second-order valence-electron chi connectivity index (χ2n) is 7.33. The summed E-state index contributed by atoms with van der Waals surface area (Å²) in [5, 5.41) is 6.38. The van der Waals surface area contributed by atoms with Crippen LogP contribution >= 0.6 is 0 Å². The van der Waals surface area contributed by atoms with Crippen molar-refractivity contribution in [3.05, 3.63) is 71.6 Å². The Balaban J connectivity index is 1.54. The van der Waals surface area contributed by atoms with Gasteiger partial charge < -0.3 is 15.2 Å². The summed E-state index contributed by atoms with van der Waals surface area (Å²) in [5.74, 6) is -0.939. The molecule has 0 radical (unpaired) electrons. The van der Waals surface area contributed by atoms with Crippen molar-refractivity contribution in [2.24, 2.45) is 0 Å². The third kappa shape index (κ3) is 3.94. The Morgan fingerprint density at radius 2 is 1.81 bits per heavy atom. The maximum Gasteiger partial charge on any atom is 0.329 e. The van der Waals surface area contributed by atoms with E-state index in [0.29, 0.717) is 5.69 Å². The van der Waals surface area contributed by atoms with Gasteiger partial charge in [0.25, 0.3) is 5.91 Å². The number of nitrogens with zero attached hydrogens (tertiary/aromatic N) is 2. The van der Waals surface area contributed by atoms with Gasteiger partial charge in [-0.25, -0.2) is 9.69 Å². The molecule has 4 amide bonds. The molecule has 7 heteroatoms. The van der Waals surface area contributed by atoms with Gasteiger partial charge in [-0.3, -0.25) is 9.59 Å². The van der Waals surface area contributed by atoms with Crippen LogP contribution in [0.1, 0.15) is 25.0 Å². The van der Waals surface area contributed by atoms with Crippen LogP contribution in [0.15, 0.2) is 60.4 Å². The van der Waals surface area contributed by atoms with Gasteiger partial charge in [-0.1, -0.05) is 43.3 Å². The average Bonchev–Trinajstić information content (AvgIpc) is 3.26. The minimum absolute atomic E-state index is 0.158. The summed E-state index contributed by atoms with van der Waals surface area (Å²) in [6.45, 7) is 4.48. The molecule has 1 saturated heterocycles. The molecule has 0 spiro atoms. The lowest BCUT2D eigenvalue weighted by Crippen LogP contribution is -2.38. The first-order valence-corrected chi connectivity index (χ1v) is 10.3. The maximum atomic E-state index is 12.8. The Labute approximate surface area is 180 Å². The van der Waals surface area contributed by atoms with Crippen LogP contribution in [0, 0.1) is 0 Å². The Bertz CT molecular complexity index is 1210. The van der Waals surface area contributed by atoms with E-state index in [1.807, 2.05) is 62.5 Å². The van der Waals surface area contributed by atoms with E-state index < -0.39 is 17.8 Å². The summed E-state index contributed by atoms with van der Waals surface area (Å²) in [6.07, 6.45) is 4.38. The van der Waals surface area contributed by atoms with E-state index in [-0.39, 0.29) is 12.2 Å². The van der Waals surface area contributed by atoms with Crippen molar-refractivity contribution in [2.75, 3.05) is 11.9 Å². The Kier molecular flexibility index (Phi) is 5.58. The lowest BCUT2D eigenvalue weighted by Gasteiger charge is -2.13. The number of aryl methyl sites for hydroxylation is 2. The number of carbonyl (C=O) groups excluding carboxylic acids is 3. The van der Waals surface area contributed by atoms with E-state index in [1.54, 1.807) is 12.1 Å². The van der Waals surface area contributed by atoms with Gasteiger partial charge in [0.15, 0.2) is 0 Å². The normalized spacial score (nSPS) is 15.0. The van der Waals surface area contributed by atoms with Gasteiger partial charge in [-0.15, -0.1) is 0 Å². The zero-order valence-electron chi connectivity index (χ0n) is 17.5. The van der Waals surface area contributed by atoms with Crippen LogP contribution in [-0.2, 0) is 22.6 Å². The summed E-state index contributed by atoms with van der Waals surface area (Å²) >= 11 is 0. The zero-order valence-corrected chi connectivity index (χ0v) is 17.5. The summed E-state index contributed by atoms with van der Waals surface area (Å²) in [6, 6.07) is 14.7. The van der Waals surface area contributed by atoms with Crippen LogP contribution < -0.4 is 10.6 Å². The van der Waals surface area contributed by atoms with Crippen molar-refractivity contribution in [3.8, 4) is 0 Å². The molecule has 1 aliphatic heterocycles. The van der Waals surface area contributed by atoms with Crippen LogP contribution in [0.3, 0.4) is 0 Å². The van der Waals surface area contributed by atoms with E-state index in [9.17, 15) is 14.4 Å². The van der Waals surface area contributed by atoms with Crippen LogP contribution in [0.4, 0.5) is 10.5 Å². The predicted octanol–water partition coefficient (Wildman–Crippen LogP) is 3.76. The number of aromatic nitrogens is 1. The number of para-hydroxylation sites is 2. The molecular formula is C24H24N4O3. The minimum Gasteiger partial charge on any atom is -0.347 e. The number of hydrogen-bond donors (Lipinski definition) is 2. The summed E-state index contributed by atoms with van der Waals surface area (Å²) in [7, 11) is 0. The molecule has 3 aromatic rings. The molecule has 0 bridgehead atoms. The van der Waals surface area contributed by atoms with Crippen LogP contribution in [0.25, 0.3) is 17.0 Å². The molecule has 0 saturated carbocycles. The number of rotatable bonds is 6. The number of hydrogen-bond acceptors (Lipinski definition) is 3. The molecule has 7 nitrogen and oxygen atoms in total. The number of amides is 4. The Hall–Kier alpha value is -3.87. The molecule has 0 aliphatic carbocycles. The maximum absolute atomic E-state index is 12.8.